The van der Waals surface area contributed by atoms with Gasteiger partial charge in [0.25, 0.3) is 0 Å². The number of thiazole rings is 1. The van der Waals surface area contributed by atoms with E-state index in [0.29, 0.717) is 27.7 Å². The van der Waals surface area contributed by atoms with Crippen LogP contribution >= 0.6 is 22.9 Å². The number of hydrazone groups is 1. The third kappa shape index (κ3) is 7.70. The average molecular weight is 593 g/mol. The molecule has 1 amide bonds. The molecule has 208 valence electrons. The van der Waals surface area contributed by atoms with Gasteiger partial charge in [-0.1, -0.05) is 35.9 Å². The van der Waals surface area contributed by atoms with Gasteiger partial charge in [-0.15, -0.1) is 11.3 Å². The molecule has 13 heteroatoms. The lowest BCUT2D eigenvalue weighted by atomic mass is 10.2. The number of hydrogen-bond donors (Lipinski definition) is 2. The molecule has 3 aromatic carbocycles. The molecule has 4 aromatic rings. The van der Waals surface area contributed by atoms with Gasteiger partial charge in [0.15, 0.2) is 16.6 Å². The molecule has 0 spiro atoms. The highest BCUT2D eigenvalue weighted by atomic mass is 35.5. The Morgan fingerprint density at radius 1 is 1.15 bits per heavy atom. The Kier molecular flexibility index (Phi) is 9.22. The first kappa shape index (κ1) is 28.8. The van der Waals surface area contributed by atoms with Crippen molar-refractivity contribution in [3.63, 3.8) is 0 Å². The summed E-state index contributed by atoms with van der Waals surface area (Å²) in [6, 6.07) is 14.1. The van der Waals surface area contributed by atoms with Crippen LogP contribution in [0.1, 0.15) is 22.4 Å². The predicted octanol–water partition coefficient (Wildman–Crippen LogP) is 6.98. The van der Waals surface area contributed by atoms with Gasteiger partial charge in [0.2, 0.25) is 5.91 Å². The van der Waals surface area contributed by atoms with Gasteiger partial charge in [-0.05, 0) is 42.0 Å². The van der Waals surface area contributed by atoms with Crippen molar-refractivity contribution in [2.45, 2.75) is 19.2 Å². The quantitative estimate of drug-likeness (QED) is 0.118. The maximum Gasteiger partial charge on any atom is 0.416 e. The van der Waals surface area contributed by atoms with Crippen LogP contribution in [0, 0.1) is 5.82 Å². The molecule has 4 rings (SSSR count). The second-order valence-corrected chi connectivity index (χ2v) is 9.50. The third-order valence-corrected chi connectivity index (χ3v) is 6.41. The Hall–Kier alpha value is -4.16. The molecule has 0 unspecified atom stereocenters. The summed E-state index contributed by atoms with van der Waals surface area (Å²) in [4.78, 5) is 16.5. The molecule has 0 saturated heterocycles. The molecule has 0 aliphatic rings. The second-order valence-electron chi connectivity index (χ2n) is 8.23. The zero-order valence-corrected chi connectivity index (χ0v) is 22.3. The third-order valence-electron chi connectivity index (χ3n) is 5.32. The van der Waals surface area contributed by atoms with Crippen molar-refractivity contribution in [1.29, 1.82) is 0 Å². The number of ether oxygens (including phenoxy) is 2. The van der Waals surface area contributed by atoms with Crippen LogP contribution < -0.4 is 20.2 Å². The highest BCUT2D eigenvalue weighted by Crippen LogP contribution is 2.37. The zero-order valence-electron chi connectivity index (χ0n) is 20.8. The van der Waals surface area contributed by atoms with E-state index in [2.05, 4.69) is 20.8 Å². The van der Waals surface area contributed by atoms with E-state index < -0.39 is 23.5 Å². The molecule has 1 heterocycles. The number of methoxy groups -OCH3 is 1. The number of nitrogens with one attached hydrogen (secondary N) is 2. The van der Waals surface area contributed by atoms with Crippen LogP contribution in [0.5, 0.6) is 11.5 Å². The number of amides is 1. The molecule has 0 aliphatic carbocycles. The van der Waals surface area contributed by atoms with E-state index >= 15 is 0 Å². The maximum absolute atomic E-state index is 13.9. The first-order chi connectivity index (χ1) is 19.1. The number of alkyl halides is 3. The molecule has 7 nitrogen and oxygen atoms in total. The normalized spacial score (nSPS) is 11.4. The summed E-state index contributed by atoms with van der Waals surface area (Å²) in [5.41, 5.74) is 3.09. The van der Waals surface area contributed by atoms with E-state index in [9.17, 15) is 22.4 Å². The number of rotatable bonds is 10. The van der Waals surface area contributed by atoms with E-state index in [4.69, 9.17) is 21.1 Å². The number of halogens is 5. The fourth-order valence-corrected chi connectivity index (χ4v) is 4.45. The molecule has 1 aromatic heterocycles. The monoisotopic (exact) mass is 592 g/mol. The summed E-state index contributed by atoms with van der Waals surface area (Å²) in [5, 5.41) is 8.88. The van der Waals surface area contributed by atoms with Gasteiger partial charge in [-0.2, -0.15) is 18.3 Å². The molecule has 0 radical (unpaired) electrons. The molecule has 0 saturated carbocycles. The highest BCUT2D eigenvalue weighted by molar-refractivity contribution is 7.13. The van der Waals surface area contributed by atoms with Crippen molar-refractivity contribution < 1.29 is 31.8 Å². The Bertz CT molecular complexity index is 1530. The fourth-order valence-electron chi connectivity index (χ4n) is 3.44. The van der Waals surface area contributed by atoms with Gasteiger partial charge >= 0.3 is 6.18 Å². The van der Waals surface area contributed by atoms with Crippen LogP contribution in [0.3, 0.4) is 0 Å². The number of nitrogens with zero attached hydrogens (tertiary/aromatic N) is 2. The summed E-state index contributed by atoms with van der Waals surface area (Å²) in [6.45, 7) is -0.0555. The standard InChI is InChI=1S/C27H21ClF4N4O3S/c1-38-23-10-16(9-21(28)25(23)39-14-17-5-2-3-8-22(17)29)13-33-36-24(37)12-20-15-40-26(35-20)34-19-7-4-6-18(11-19)27(30,31)32/h2-11,13,15H,12,14H2,1H3,(H,34,35)(H,36,37)/b33-13-. The van der Waals surface area contributed by atoms with Crippen LogP contribution in [-0.4, -0.2) is 24.2 Å². The topological polar surface area (TPSA) is 84.8 Å². The maximum atomic E-state index is 13.9. The lowest BCUT2D eigenvalue weighted by Crippen LogP contribution is -2.20. The number of hydrogen-bond acceptors (Lipinski definition) is 7. The molecular weight excluding hydrogens is 572 g/mol. The molecule has 0 aliphatic heterocycles. The lowest BCUT2D eigenvalue weighted by Gasteiger charge is -2.13. The van der Waals surface area contributed by atoms with Crippen LogP contribution in [-0.2, 0) is 24.0 Å². The first-order valence-corrected chi connectivity index (χ1v) is 12.8. The van der Waals surface area contributed by atoms with Gasteiger partial charge in [-0.25, -0.2) is 14.8 Å². The molecule has 40 heavy (non-hydrogen) atoms. The molecular formula is C27H21ClF4N4O3S. The minimum atomic E-state index is -4.46. The van der Waals surface area contributed by atoms with Crippen molar-refractivity contribution in [2.75, 3.05) is 12.4 Å². The summed E-state index contributed by atoms with van der Waals surface area (Å²) in [7, 11) is 1.42. The van der Waals surface area contributed by atoms with Crippen molar-refractivity contribution in [3.05, 3.63) is 99.3 Å². The zero-order chi connectivity index (χ0) is 28.7. The Morgan fingerprint density at radius 2 is 1.95 bits per heavy atom. The van der Waals surface area contributed by atoms with E-state index in [0.717, 1.165) is 23.5 Å². The summed E-state index contributed by atoms with van der Waals surface area (Å²) in [6.07, 6.45) is -3.21. The molecule has 0 fully saturated rings. The largest absolute Gasteiger partial charge is 0.493 e. The van der Waals surface area contributed by atoms with Crippen LogP contribution in [0.25, 0.3) is 0 Å². The van der Waals surface area contributed by atoms with E-state index in [1.807, 2.05) is 0 Å². The van der Waals surface area contributed by atoms with E-state index in [-0.39, 0.29) is 29.5 Å². The minimum absolute atomic E-state index is 0.0555. The van der Waals surface area contributed by atoms with Crippen LogP contribution in [0.2, 0.25) is 5.02 Å². The van der Waals surface area contributed by atoms with Crippen molar-refractivity contribution in [1.82, 2.24) is 10.4 Å². The molecule has 0 atom stereocenters. The lowest BCUT2D eigenvalue weighted by molar-refractivity contribution is -0.137. The van der Waals surface area contributed by atoms with Gasteiger partial charge in [0.1, 0.15) is 12.4 Å². The summed E-state index contributed by atoms with van der Waals surface area (Å²) < 4.78 is 63.6. The molecule has 2 N–H and O–H groups in total. The predicted molar refractivity (Wildman–Crippen MR) is 145 cm³/mol. The number of anilines is 2. The number of carbonyl (C=O) groups is 1. The van der Waals surface area contributed by atoms with Crippen molar-refractivity contribution in [2.24, 2.45) is 5.10 Å². The highest BCUT2D eigenvalue weighted by Gasteiger charge is 2.30. The average Bonchev–Trinajstić information content (AvgIpc) is 3.34. The SMILES string of the molecule is COc1cc(/C=N\NC(=O)Cc2csc(Nc3cccc(C(F)(F)F)c3)n2)cc(Cl)c1OCc1ccccc1F. The van der Waals surface area contributed by atoms with Gasteiger partial charge in [-0.3, -0.25) is 4.79 Å². The van der Waals surface area contributed by atoms with Gasteiger partial charge < -0.3 is 14.8 Å². The summed E-state index contributed by atoms with van der Waals surface area (Å²) in [5.74, 6) is -0.348. The van der Waals surface area contributed by atoms with Crippen LogP contribution in [0.4, 0.5) is 28.4 Å². The summed E-state index contributed by atoms with van der Waals surface area (Å²) >= 11 is 7.49. The van der Waals surface area contributed by atoms with E-state index in [1.165, 1.54) is 31.5 Å². The second kappa shape index (κ2) is 12.8. The number of aromatic nitrogens is 1. The number of benzene rings is 3. The minimum Gasteiger partial charge on any atom is -0.493 e. The van der Waals surface area contributed by atoms with Gasteiger partial charge in [0.05, 0.1) is 36.0 Å². The number of carbonyl (C=O) groups excluding carboxylic acids is 1. The van der Waals surface area contributed by atoms with Gasteiger partial charge in [0, 0.05) is 16.6 Å². The fraction of sp³-hybridized carbons (Fsp3) is 0.148. The Balaban J connectivity index is 1.33. The van der Waals surface area contributed by atoms with E-state index in [1.54, 1.807) is 35.7 Å². The first-order valence-electron chi connectivity index (χ1n) is 11.6. The van der Waals surface area contributed by atoms with Crippen molar-refractivity contribution in [3.8, 4) is 11.5 Å². The van der Waals surface area contributed by atoms with Crippen molar-refractivity contribution >= 4 is 45.9 Å². The van der Waals surface area contributed by atoms with Crippen LogP contribution in [0.15, 0.2) is 71.1 Å². The molecule has 0 bridgehead atoms. The Morgan fingerprint density at radius 3 is 2.70 bits per heavy atom. The smallest absolute Gasteiger partial charge is 0.416 e. The Labute approximate surface area is 235 Å².